The smallest absolute Gasteiger partial charge is 0.223 e. The van der Waals surface area contributed by atoms with E-state index in [-0.39, 0.29) is 5.91 Å². The van der Waals surface area contributed by atoms with Crippen molar-refractivity contribution in [3.05, 3.63) is 28.2 Å². The zero-order chi connectivity index (χ0) is 15.5. The van der Waals surface area contributed by atoms with Crippen LogP contribution in [0.1, 0.15) is 18.9 Å². The first kappa shape index (κ1) is 17.9. The summed E-state index contributed by atoms with van der Waals surface area (Å²) in [5, 5.41) is 6.02. The Bertz CT molecular complexity index is 441. The molecular weight excluding hydrogens is 336 g/mol. The fourth-order valence-corrected chi connectivity index (χ4v) is 2.26. The number of hydrogen-bond acceptors (Lipinski definition) is 4. The van der Waals surface area contributed by atoms with Crippen LogP contribution >= 0.6 is 15.9 Å². The molecule has 5 nitrogen and oxygen atoms in total. The van der Waals surface area contributed by atoms with Crippen molar-refractivity contribution in [1.29, 1.82) is 0 Å². The molecule has 0 bridgehead atoms. The lowest BCUT2D eigenvalue weighted by atomic mass is 10.2. The van der Waals surface area contributed by atoms with E-state index >= 15 is 0 Å². The lowest BCUT2D eigenvalue weighted by Crippen LogP contribution is -2.24. The lowest BCUT2D eigenvalue weighted by Gasteiger charge is -2.10. The molecule has 6 heteroatoms. The van der Waals surface area contributed by atoms with E-state index in [0.717, 1.165) is 28.9 Å². The topological polar surface area (TPSA) is 59.6 Å². The summed E-state index contributed by atoms with van der Waals surface area (Å²) in [6.07, 6.45) is 0.362. The number of ether oxygens (including phenoxy) is 2. The number of halogens is 1. The molecule has 0 aliphatic carbocycles. The van der Waals surface area contributed by atoms with Crippen LogP contribution in [0.15, 0.2) is 22.7 Å². The van der Waals surface area contributed by atoms with Crippen LogP contribution in [0, 0.1) is 0 Å². The first-order valence-corrected chi connectivity index (χ1v) is 7.84. The molecule has 0 atom stereocenters. The molecule has 0 aromatic heterocycles. The molecule has 0 aliphatic rings. The Kier molecular flexibility index (Phi) is 9.05. The Hall–Kier alpha value is -1.11. The number of carbonyl (C=O) groups excluding carboxylic acids is 1. The van der Waals surface area contributed by atoms with Gasteiger partial charge in [-0.2, -0.15) is 0 Å². The standard InChI is InChI=1S/C15H23BrN2O3/c1-3-18-15(19)6-8-21-14-5-4-12(10-13(14)16)11-17-7-9-20-2/h4-5,10,17H,3,6-9,11H2,1-2H3,(H,18,19). The van der Waals surface area contributed by atoms with Crippen molar-refractivity contribution < 1.29 is 14.3 Å². The van der Waals surface area contributed by atoms with Gasteiger partial charge in [0.25, 0.3) is 0 Å². The molecule has 0 saturated heterocycles. The average Bonchev–Trinajstić information content (AvgIpc) is 2.46. The predicted molar refractivity (Wildman–Crippen MR) is 86.5 cm³/mol. The van der Waals surface area contributed by atoms with Crippen molar-refractivity contribution in [3.63, 3.8) is 0 Å². The molecule has 0 saturated carbocycles. The molecule has 0 aliphatic heterocycles. The van der Waals surface area contributed by atoms with Crippen LogP contribution in [0.4, 0.5) is 0 Å². The first-order chi connectivity index (χ1) is 10.2. The highest BCUT2D eigenvalue weighted by molar-refractivity contribution is 9.10. The second-order valence-electron chi connectivity index (χ2n) is 4.49. The van der Waals surface area contributed by atoms with Gasteiger partial charge in [0, 0.05) is 26.7 Å². The van der Waals surface area contributed by atoms with Crippen LogP contribution in [0.5, 0.6) is 5.75 Å². The van der Waals surface area contributed by atoms with E-state index in [1.807, 2.05) is 25.1 Å². The zero-order valence-electron chi connectivity index (χ0n) is 12.6. The maximum Gasteiger partial charge on any atom is 0.223 e. The van der Waals surface area contributed by atoms with E-state index in [1.165, 1.54) is 0 Å². The minimum atomic E-state index is 0.00702. The SMILES string of the molecule is CCNC(=O)CCOc1ccc(CNCCOC)cc1Br. The second-order valence-corrected chi connectivity index (χ2v) is 5.34. The minimum Gasteiger partial charge on any atom is -0.492 e. The summed E-state index contributed by atoms with van der Waals surface area (Å²) in [6.45, 7) is 5.21. The molecule has 1 amide bonds. The highest BCUT2D eigenvalue weighted by Gasteiger charge is 2.05. The van der Waals surface area contributed by atoms with Crippen molar-refractivity contribution >= 4 is 21.8 Å². The number of hydrogen-bond donors (Lipinski definition) is 2. The highest BCUT2D eigenvalue weighted by atomic mass is 79.9. The van der Waals surface area contributed by atoms with Gasteiger partial charge in [0.2, 0.25) is 5.91 Å². The van der Waals surface area contributed by atoms with Crippen LogP contribution in [0.25, 0.3) is 0 Å². The summed E-state index contributed by atoms with van der Waals surface area (Å²) in [5.74, 6) is 0.757. The third-order valence-electron chi connectivity index (χ3n) is 2.77. The van der Waals surface area contributed by atoms with E-state index in [2.05, 4.69) is 26.6 Å². The van der Waals surface area contributed by atoms with Gasteiger partial charge in [-0.25, -0.2) is 0 Å². The average molecular weight is 359 g/mol. The number of rotatable bonds is 10. The summed E-state index contributed by atoms with van der Waals surface area (Å²) < 4.78 is 11.5. The van der Waals surface area contributed by atoms with Crippen LogP contribution in [0.3, 0.4) is 0 Å². The Labute approximate surface area is 134 Å². The molecule has 1 aromatic rings. The number of benzene rings is 1. The predicted octanol–water partition coefficient (Wildman–Crippen LogP) is 2.09. The monoisotopic (exact) mass is 358 g/mol. The summed E-state index contributed by atoms with van der Waals surface area (Å²) in [6, 6.07) is 5.93. The van der Waals surface area contributed by atoms with E-state index in [1.54, 1.807) is 7.11 Å². The maximum atomic E-state index is 11.3. The molecule has 0 radical (unpaired) electrons. The summed E-state index contributed by atoms with van der Waals surface area (Å²) >= 11 is 3.49. The first-order valence-electron chi connectivity index (χ1n) is 7.05. The molecule has 21 heavy (non-hydrogen) atoms. The van der Waals surface area contributed by atoms with E-state index in [0.29, 0.717) is 26.2 Å². The van der Waals surface area contributed by atoms with Gasteiger partial charge < -0.3 is 20.1 Å². The Morgan fingerprint density at radius 1 is 1.33 bits per heavy atom. The van der Waals surface area contributed by atoms with Crippen LogP contribution in [0.2, 0.25) is 0 Å². The molecular formula is C15H23BrN2O3. The number of carbonyl (C=O) groups is 1. The molecule has 0 unspecified atom stereocenters. The summed E-state index contributed by atoms with van der Waals surface area (Å²) in [7, 11) is 1.69. The van der Waals surface area contributed by atoms with Gasteiger partial charge in [0.05, 0.1) is 24.1 Å². The minimum absolute atomic E-state index is 0.00702. The molecule has 1 aromatic carbocycles. The van der Waals surface area contributed by atoms with Crippen LogP contribution in [-0.2, 0) is 16.1 Å². The number of amides is 1. The molecule has 0 spiro atoms. The fraction of sp³-hybridized carbons (Fsp3) is 0.533. The van der Waals surface area contributed by atoms with Gasteiger partial charge in [-0.05, 0) is 40.5 Å². The quantitative estimate of drug-likeness (QED) is 0.628. The van der Waals surface area contributed by atoms with Crippen LogP contribution < -0.4 is 15.4 Å². The van der Waals surface area contributed by atoms with Crippen molar-refractivity contribution in [2.24, 2.45) is 0 Å². The van der Waals surface area contributed by atoms with Crippen molar-refractivity contribution in [1.82, 2.24) is 10.6 Å². The largest absolute Gasteiger partial charge is 0.492 e. The molecule has 0 heterocycles. The van der Waals surface area contributed by atoms with Gasteiger partial charge in [0.15, 0.2) is 0 Å². The van der Waals surface area contributed by atoms with Crippen molar-refractivity contribution in [2.75, 3.05) is 33.4 Å². The Morgan fingerprint density at radius 2 is 2.14 bits per heavy atom. The summed E-state index contributed by atoms with van der Waals surface area (Å²) in [4.78, 5) is 11.3. The Balaban J connectivity index is 2.37. The van der Waals surface area contributed by atoms with Gasteiger partial charge in [-0.3, -0.25) is 4.79 Å². The van der Waals surface area contributed by atoms with Crippen molar-refractivity contribution in [3.8, 4) is 5.75 Å². The molecule has 1 rings (SSSR count). The number of methoxy groups -OCH3 is 1. The second kappa shape index (κ2) is 10.6. The molecule has 118 valence electrons. The van der Waals surface area contributed by atoms with Gasteiger partial charge in [-0.1, -0.05) is 6.07 Å². The zero-order valence-corrected chi connectivity index (χ0v) is 14.2. The maximum absolute atomic E-state index is 11.3. The highest BCUT2D eigenvalue weighted by Crippen LogP contribution is 2.26. The van der Waals surface area contributed by atoms with E-state index < -0.39 is 0 Å². The van der Waals surface area contributed by atoms with Gasteiger partial charge in [-0.15, -0.1) is 0 Å². The van der Waals surface area contributed by atoms with Gasteiger partial charge in [0.1, 0.15) is 5.75 Å². The van der Waals surface area contributed by atoms with Gasteiger partial charge >= 0.3 is 0 Å². The lowest BCUT2D eigenvalue weighted by molar-refractivity contribution is -0.121. The molecule has 0 fully saturated rings. The number of nitrogens with one attached hydrogen (secondary N) is 2. The molecule has 2 N–H and O–H groups in total. The van der Waals surface area contributed by atoms with Crippen LogP contribution in [-0.4, -0.2) is 39.3 Å². The third-order valence-corrected chi connectivity index (χ3v) is 3.39. The normalized spacial score (nSPS) is 10.4. The summed E-state index contributed by atoms with van der Waals surface area (Å²) in [5.41, 5.74) is 1.16. The third kappa shape index (κ3) is 7.45. The fourth-order valence-electron chi connectivity index (χ4n) is 1.72. The van der Waals surface area contributed by atoms with E-state index in [4.69, 9.17) is 9.47 Å². The Morgan fingerprint density at radius 3 is 2.81 bits per heavy atom. The van der Waals surface area contributed by atoms with Crippen molar-refractivity contribution in [2.45, 2.75) is 19.9 Å². The van der Waals surface area contributed by atoms with E-state index in [9.17, 15) is 4.79 Å².